The van der Waals surface area contributed by atoms with E-state index in [0.717, 1.165) is 0 Å². The summed E-state index contributed by atoms with van der Waals surface area (Å²) in [5.74, 6) is -1.21. The van der Waals surface area contributed by atoms with E-state index >= 15 is 0 Å². The molecule has 0 fully saturated rings. The van der Waals surface area contributed by atoms with Crippen molar-refractivity contribution in [3.8, 4) is 0 Å². The van der Waals surface area contributed by atoms with Crippen LogP contribution in [0.25, 0.3) is 0 Å². The predicted octanol–water partition coefficient (Wildman–Crippen LogP) is 0.554. The summed E-state index contributed by atoms with van der Waals surface area (Å²) in [6, 6.07) is 5.67. The molecule has 17 heavy (non-hydrogen) atoms. The number of benzene rings is 1. The highest BCUT2D eigenvalue weighted by atomic mass is 17.2. The second kappa shape index (κ2) is 6.62. The molecule has 0 aromatic heterocycles. The smallest absolute Gasteiger partial charge is 0.373 e. The van der Waals surface area contributed by atoms with Crippen molar-refractivity contribution in [3.63, 3.8) is 0 Å². The molecule has 1 rings (SSSR count). The summed E-state index contributed by atoms with van der Waals surface area (Å²) in [6.45, 7) is -0.295. The first-order valence-corrected chi connectivity index (χ1v) is 4.82. The van der Waals surface area contributed by atoms with Crippen LogP contribution >= 0.6 is 0 Å². The molecule has 0 unspecified atom stereocenters. The number of aliphatic hydroxyl groups is 1. The topological polar surface area (TPSA) is 82.1 Å². The average Bonchev–Trinajstić information content (AvgIpc) is 2.36. The van der Waals surface area contributed by atoms with Crippen molar-refractivity contribution in [1.29, 1.82) is 0 Å². The molecule has 0 saturated heterocycles. The summed E-state index contributed by atoms with van der Waals surface area (Å²) in [6.07, 6.45) is 0. The number of aliphatic hydroxyl groups excluding tert-OH is 1. The Morgan fingerprint density at radius 3 is 2.12 bits per heavy atom. The highest BCUT2D eigenvalue weighted by molar-refractivity contribution is 5.93. The second-order valence-corrected chi connectivity index (χ2v) is 2.97. The fraction of sp³-hybridized carbons (Fsp3) is 0.273. The van der Waals surface area contributed by atoms with Gasteiger partial charge in [0.25, 0.3) is 0 Å². The van der Waals surface area contributed by atoms with E-state index in [1.54, 1.807) is 0 Å². The summed E-state index contributed by atoms with van der Waals surface area (Å²) in [7, 11) is 1.22. The van der Waals surface area contributed by atoms with Crippen molar-refractivity contribution < 1.29 is 29.2 Å². The van der Waals surface area contributed by atoms with E-state index in [2.05, 4.69) is 9.78 Å². The molecule has 0 aliphatic carbocycles. The van der Waals surface area contributed by atoms with Gasteiger partial charge in [-0.25, -0.2) is 9.59 Å². The first-order valence-electron chi connectivity index (χ1n) is 4.82. The number of hydrogen-bond donors (Lipinski definition) is 1. The normalized spacial score (nSPS) is 9.76. The molecule has 1 aromatic rings. The number of hydrogen-bond acceptors (Lipinski definition) is 6. The minimum absolute atomic E-state index is 0.0632. The van der Waals surface area contributed by atoms with Crippen LogP contribution in [0.4, 0.5) is 0 Å². The molecular weight excluding hydrogens is 228 g/mol. The average molecular weight is 240 g/mol. The van der Waals surface area contributed by atoms with E-state index in [-0.39, 0.29) is 24.3 Å². The van der Waals surface area contributed by atoms with Gasteiger partial charge in [0.1, 0.15) is 6.61 Å². The van der Waals surface area contributed by atoms with E-state index < -0.39 is 11.9 Å². The Hall–Kier alpha value is -1.92. The molecular formula is C11H12O6. The van der Waals surface area contributed by atoms with Crippen molar-refractivity contribution in [2.24, 2.45) is 0 Å². The molecule has 1 aromatic carbocycles. The van der Waals surface area contributed by atoms with Gasteiger partial charge in [-0.1, -0.05) is 0 Å². The predicted molar refractivity (Wildman–Crippen MR) is 56.2 cm³/mol. The summed E-state index contributed by atoms with van der Waals surface area (Å²) >= 11 is 0. The Labute approximate surface area is 97.6 Å². The summed E-state index contributed by atoms with van der Waals surface area (Å²) in [4.78, 5) is 31.1. The molecule has 0 bridgehead atoms. The third-order valence-corrected chi connectivity index (χ3v) is 1.84. The highest BCUT2D eigenvalue weighted by Gasteiger charge is 2.10. The van der Waals surface area contributed by atoms with E-state index in [1.807, 2.05) is 0 Å². The van der Waals surface area contributed by atoms with E-state index in [4.69, 9.17) is 9.84 Å². The Balaban J connectivity index is 2.67. The van der Waals surface area contributed by atoms with Gasteiger partial charge in [0.2, 0.25) is 0 Å². The zero-order valence-corrected chi connectivity index (χ0v) is 9.21. The highest BCUT2D eigenvalue weighted by Crippen LogP contribution is 2.07. The fourth-order valence-corrected chi connectivity index (χ4v) is 1.09. The molecule has 0 saturated carbocycles. The number of ether oxygens (including phenoxy) is 1. The molecule has 0 amide bonds. The Bertz CT molecular complexity index is 383. The number of carbonyl (C=O) groups is 2. The van der Waals surface area contributed by atoms with Gasteiger partial charge in [-0.3, -0.25) is 4.89 Å². The van der Waals surface area contributed by atoms with Crippen molar-refractivity contribution in [1.82, 2.24) is 0 Å². The van der Waals surface area contributed by atoms with Crippen LogP contribution in [0.5, 0.6) is 0 Å². The van der Waals surface area contributed by atoms with Crippen LogP contribution in [-0.2, 0) is 14.5 Å². The molecule has 0 aliphatic heterocycles. The lowest BCUT2D eigenvalue weighted by molar-refractivity contribution is -0.216. The molecule has 0 atom stereocenters. The number of carbonyl (C=O) groups excluding carboxylic acids is 2. The first kappa shape index (κ1) is 13.1. The lowest BCUT2D eigenvalue weighted by atomic mass is 10.1. The second-order valence-electron chi connectivity index (χ2n) is 2.97. The van der Waals surface area contributed by atoms with Gasteiger partial charge < -0.3 is 9.84 Å². The lowest BCUT2D eigenvalue weighted by Crippen LogP contribution is -2.09. The summed E-state index contributed by atoms with van der Waals surface area (Å²) in [5, 5.41) is 8.49. The number of rotatable bonds is 5. The maximum atomic E-state index is 11.3. The molecule has 0 radical (unpaired) electrons. The fourth-order valence-electron chi connectivity index (χ4n) is 1.09. The van der Waals surface area contributed by atoms with E-state index in [9.17, 15) is 9.59 Å². The van der Waals surface area contributed by atoms with Gasteiger partial charge in [0, 0.05) is 0 Å². The summed E-state index contributed by atoms with van der Waals surface area (Å²) in [5.41, 5.74) is 0.540. The first-order chi connectivity index (χ1) is 8.19. The van der Waals surface area contributed by atoms with Gasteiger partial charge >= 0.3 is 11.9 Å². The van der Waals surface area contributed by atoms with E-state index in [1.165, 1.54) is 31.4 Å². The van der Waals surface area contributed by atoms with Gasteiger partial charge in [-0.15, -0.1) is 0 Å². The van der Waals surface area contributed by atoms with E-state index in [0.29, 0.717) is 0 Å². The Kier molecular flexibility index (Phi) is 5.12. The third-order valence-electron chi connectivity index (χ3n) is 1.84. The SMILES string of the molecule is COOC(=O)c1ccc(C(=O)OCCO)cc1. The minimum Gasteiger partial charge on any atom is -0.460 e. The van der Waals surface area contributed by atoms with Crippen molar-refractivity contribution in [2.45, 2.75) is 0 Å². The maximum absolute atomic E-state index is 11.3. The molecule has 1 N–H and O–H groups in total. The third kappa shape index (κ3) is 3.86. The molecule has 6 nitrogen and oxygen atoms in total. The molecule has 6 heteroatoms. The number of esters is 1. The summed E-state index contributed by atoms with van der Waals surface area (Å²) < 4.78 is 4.70. The van der Waals surface area contributed by atoms with Crippen LogP contribution in [-0.4, -0.2) is 37.4 Å². The zero-order valence-electron chi connectivity index (χ0n) is 9.21. The minimum atomic E-state index is -0.650. The Morgan fingerprint density at radius 2 is 1.65 bits per heavy atom. The van der Waals surface area contributed by atoms with Crippen molar-refractivity contribution in [2.75, 3.05) is 20.3 Å². The molecule has 0 spiro atoms. The van der Waals surface area contributed by atoms with Crippen molar-refractivity contribution >= 4 is 11.9 Å². The zero-order chi connectivity index (χ0) is 12.7. The van der Waals surface area contributed by atoms with Crippen LogP contribution in [0.3, 0.4) is 0 Å². The molecule has 92 valence electrons. The monoisotopic (exact) mass is 240 g/mol. The van der Waals surface area contributed by atoms with Gasteiger partial charge in [-0.2, -0.15) is 4.89 Å². The largest absolute Gasteiger partial charge is 0.460 e. The van der Waals surface area contributed by atoms with Gasteiger partial charge in [-0.05, 0) is 24.3 Å². The lowest BCUT2D eigenvalue weighted by Gasteiger charge is -2.03. The van der Waals surface area contributed by atoms with Gasteiger partial charge in [0.05, 0.1) is 24.8 Å². The quantitative estimate of drug-likeness (QED) is 0.460. The maximum Gasteiger partial charge on any atom is 0.373 e. The van der Waals surface area contributed by atoms with Crippen LogP contribution < -0.4 is 0 Å². The molecule has 0 heterocycles. The molecule has 0 aliphatic rings. The van der Waals surface area contributed by atoms with Gasteiger partial charge in [0.15, 0.2) is 0 Å². The van der Waals surface area contributed by atoms with Crippen molar-refractivity contribution in [3.05, 3.63) is 35.4 Å². The van der Waals surface area contributed by atoms with Crippen LogP contribution in [0.15, 0.2) is 24.3 Å². The van der Waals surface area contributed by atoms with Crippen LogP contribution in [0, 0.1) is 0 Å². The standard InChI is InChI=1S/C11H12O6/c1-15-17-11(14)9-4-2-8(3-5-9)10(13)16-7-6-12/h2-5,12H,6-7H2,1H3. The van der Waals surface area contributed by atoms with Crippen LogP contribution in [0.1, 0.15) is 20.7 Å². The Morgan fingerprint density at radius 1 is 1.12 bits per heavy atom. The van der Waals surface area contributed by atoms with Crippen LogP contribution in [0.2, 0.25) is 0 Å².